The number of benzene rings is 2. The van der Waals surface area contributed by atoms with Crippen LogP contribution in [0.15, 0.2) is 34.3 Å². The van der Waals surface area contributed by atoms with Crippen LogP contribution in [0.2, 0.25) is 0 Å². The molecule has 2 aromatic rings. The molecular weight excluding hydrogens is 424 g/mol. The molecule has 0 unspecified atom stereocenters. The summed E-state index contributed by atoms with van der Waals surface area (Å²) in [4.78, 5) is 0.100. The molecule has 0 aliphatic rings. The number of nitrogens with zero attached hydrogens (tertiary/aromatic N) is 1. The van der Waals surface area contributed by atoms with Crippen molar-refractivity contribution in [3.8, 4) is 34.8 Å². The van der Waals surface area contributed by atoms with E-state index < -0.39 is 17.2 Å². The van der Waals surface area contributed by atoms with Crippen molar-refractivity contribution in [3.63, 3.8) is 0 Å². The quantitative estimate of drug-likeness (QED) is 0.186. The van der Waals surface area contributed by atoms with Crippen LogP contribution in [0.1, 0.15) is 11.1 Å². The summed E-state index contributed by atoms with van der Waals surface area (Å²) < 4.78 is 0.259. The van der Waals surface area contributed by atoms with Gasteiger partial charge in [-0.05, 0) is 57.4 Å². The van der Waals surface area contributed by atoms with E-state index in [1.807, 2.05) is 6.07 Å². The fraction of sp³-hybridized carbons (Fsp3) is 0.0588. The van der Waals surface area contributed by atoms with Crippen molar-refractivity contribution in [2.24, 2.45) is 0 Å². The van der Waals surface area contributed by atoms with Crippen LogP contribution in [0.4, 0.5) is 0 Å². The summed E-state index contributed by atoms with van der Waals surface area (Å²) >= 11 is 8.24. The van der Waals surface area contributed by atoms with E-state index >= 15 is 0 Å². The Bertz CT molecular complexity index is 907. The summed E-state index contributed by atoms with van der Waals surface area (Å²) in [5.74, 6) is -2.24. The summed E-state index contributed by atoms with van der Waals surface area (Å²) in [6, 6.07) is 7.20. The van der Waals surface area contributed by atoms with Crippen LogP contribution in [0, 0.1) is 11.3 Å². The van der Waals surface area contributed by atoms with Crippen LogP contribution in [0.25, 0.3) is 6.08 Å². The lowest BCUT2D eigenvalue weighted by Gasteiger charge is -2.09. The van der Waals surface area contributed by atoms with Gasteiger partial charge in [0.15, 0.2) is 28.7 Å². The molecule has 2 rings (SSSR count). The molecule has 0 aliphatic heterocycles. The second-order valence-electron chi connectivity index (χ2n) is 5.21. The third-order valence-corrected chi connectivity index (χ3v) is 4.29. The van der Waals surface area contributed by atoms with Crippen LogP contribution in [0.5, 0.6) is 28.7 Å². The molecule has 0 aliphatic carbocycles. The predicted octanol–water partition coefficient (Wildman–Crippen LogP) is 3.00. The molecule has 0 heterocycles. The standard InChI is InChI=1S/C17H13BrN2O5S/c18-11-2-8(3-12(21)15(11)24)1-10(6-19)17(26)20-7-9-4-13(22)16(25)14(23)5-9/h1-5,21-25H,7H2,(H,20,26)/b10-1-. The highest BCUT2D eigenvalue weighted by molar-refractivity contribution is 9.10. The smallest absolute Gasteiger partial charge is 0.200 e. The summed E-state index contributed by atoms with van der Waals surface area (Å²) in [6.45, 7) is 0.0871. The van der Waals surface area contributed by atoms with E-state index in [1.165, 1.54) is 30.3 Å². The number of nitriles is 1. The number of rotatable bonds is 4. The molecule has 2 aromatic carbocycles. The normalized spacial score (nSPS) is 11.0. The maximum absolute atomic E-state index is 9.62. The highest BCUT2D eigenvalue weighted by Crippen LogP contribution is 2.36. The Morgan fingerprint density at radius 1 is 1.04 bits per heavy atom. The topological polar surface area (TPSA) is 137 Å². The zero-order valence-electron chi connectivity index (χ0n) is 13.1. The molecule has 0 bridgehead atoms. The van der Waals surface area contributed by atoms with Gasteiger partial charge >= 0.3 is 0 Å². The molecule has 0 spiro atoms. The van der Waals surface area contributed by atoms with E-state index in [0.29, 0.717) is 11.1 Å². The average Bonchev–Trinajstić information content (AvgIpc) is 2.59. The summed E-state index contributed by atoms with van der Waals surface area (Å²) in [6.07, 6.45) is 1.42. The molecule has 0 amide bonds. The van der Waals surface area contributed by atoms with Gasteiger partial charge in [-0.2, -0.15) is 5.26 Å². The Morgan fingerprint density at radius 3 is 2.15 bits per heavy atom. The Morgan fingerprint density at radius 2 is 1.62 bits per heavy atom. The minimum atomic E-state index is -0.619. The highest BCUT2D eigenvalue weighted by Gasteiger charge is 2.11. The van der Waals surface area contributed by atoms with E-state index in [4.69, 9.17) is 12.2 Å². The second-order valence-corrected chi connectivity index (χ2v) is 6.47. The van der Waals surface area contributed by atoms with Crippen LogP contribution in [-0.4, -0.2) is 30.5 Å². The number of phenols is 5. The number of phenolic OH excluding ortho intramolecular Hbond substituents is 5. The maximum atomic E-state index is 9.62. The number of nitrogens with one attached hydrogen (secondary N) is 1. The van der Waals surface area contributed by atoms with Gasteiger partial charge in [0.2, 0.25) is 0 Å². The Kier molecular flexibility index (Phi) is 5.92. The van der Waals surface area contributed by atoms with Gasteiger partial charge in [0.25, 0.3) is 0 Å². The Hall–Kier alpha value is -2.96. The van der Waals surface area contributed by atoms with Crippen molar-refractivity contribution < 1.29 is 25.5 Å². The zero-order valence-corrected chi connectivity index (χ0v) is 15.5. The predicted molar refractivity (Wildman–Crippen MR) is 102 cm³/mol. The first kappa shape index (κ1) is 19.4. The van der Waals surface area contributed by atoms with Crippen LogP contribution < -0.4 is 5.32 Å². The van der Waals surface area contributed by atoms with Crippen molar-refractivity contribution in [2.45, 2.75) is 6.54 Å². The van der Waals surface area contributed by atoms with E-state index in [-0.39, 0.29) is 33.1 Å². The molecule has 0 fully saturated rings. The first-order valence-corrected chi connectivity index (χ1v) is 8.28. The highest BCUT2D eigenvalue weighted by atomic mass is 79.9. The summed E-state index contributed by atoms with van der Waals surface area (Å²) in [5, 5.41) is 59.5. The van der Waals surface area contributed by atoms with Gasteiger partial charge < -0.3 is 30.8 Å². The molecule has 0 atom stereocenters. The summed E-state index contributed by atoms with van der Waals surface area (Å²) in [5.41, 5.74) is 0.972. The molecule has 0 aromatic heterocycles. The molecule has 6 N–H and O–H groups in total. The van der Waals surface area contributed by atoms with Crippen LogP contribution in [0.3, 0.4) is 0 Å². The van der Waals surface area contributed by atoms with Crippen molar-refractivity contribution in [2.75, 3.05) is 0 Å². The molecule has 134 valence electrons. The number of thiocarbonyl (C=S) groups is 1. The largest absolute Gasteiger partial charge is 0.504 e. The molecule has 0 saturated heterocycles. The molecular formula is C17H13BrN2O5S. The van der Waals surface area contributed by atoms with Crippen molar-refractivity contribution >= 4 is 39.2 Å². The number of hydrogen-bond donors (Lipinski definition) is 6. The maximum Gasteiger partial charge on any atom is 0.200 e. The van der Waals surface area contributed by atoms with Crippen LogP contribution in [-0.2, 0) is 6.54 Å². The van der Waals surface area contributed by atoms with Gasteiger partial charge in [0.05, 0.1) is 10.0 Å². The summed E-state index contributed by atoms with van der Waals surface area (Å²) in [7, 11) is 0. The molecule has 0 saturated carbocycles. The van der Waals surface area contributed by atoms with E-state index in [2.05, 4.69) is 21.2 Å². The minimum Gasteiger partial charge on any atom is -0.504 e. The lowest BCUT2D eigenvalue weighted by atomic mass is 10.1. The second kappa shape index (κ2) is 7.95. The monoisotopic (exact) mass is 436 g/mol. The van der Waals surface area contributed by atoms with Crippen LogP contribution >= 0.6 is 28.1 Å². The SMILES string of the molecule is N#C/C(=C/c1cc(O)c(O)c(Br)c1)C(=S)NCc1cc(O)c(O)c(O)c1. The first-order valence-electron chi connectivity index (χ1n) is 7.08. The van der Waals surface area contributed by atoms with Crippen molar-refractivity contribution in [1.29, 1.82) is 5.26 Å². The third-order valence-electron chi connectivity index (χ3n) is 3.32. The van der Waals surface area contributed by atoms with Gasteiger partial charge in [-0.25, -0.2) is 0 Å². The third kappa shape index (κ3) is 4.36. The molecule has 26 heavy (non-hydrogen) atoms. The van der Waals surface area contributed by atoms with E-state index in [9.17, 15) is 30.8 Å². The average molecular weight is 437 g/mol. The lowest BCUT2D eigenvalue weighted by Crippen LogP contribution is -2.22. The lowest BCUT2D eigenvalue weighted by molar-refractivity contribution is 0.367. The van der Waals surface area contributed by atoms with Gasteiger partial charge in [0.1, 0.15) is 11.1 Å². The molecule has 9 heteroatoms. The van der Waals surface area contributed by atoms with Crippen molar-refractivity contribution in [3.05, 3.63) is 45.4 Å². The van der Waals surface area contributed by atoms with Gasteiger partial charge in [-0.1, -0.05) is 12.2 Å². The van der Waals surface area contributed by atoms with Gasteiger partial charge in [-0.15, -0.1) is 0 Å². The first-order chi connectivity index (χ1) is 12.2. The number of halogens is 1. The fourth-order valence-corrected chi connectivity index (χ4v) is 2.69. The Balaban J connectivity index is 2.18. The van der Waals surface area contributed by atoms with Gasteiger partial charge in [0, 0.05) is 6.54 Å². The van der Waals surface area contributed by atoms with Crippen molar-refractivity contribution in [1.82, 2.24) is 5.32 Å². The van der Waals surface area contributed by atoms with E-state index in [1.54, 1.807) is 0 Å². The zero-order chi connectivity index (χ0) is 19.4. The van der Waals surface area contributed by atoms with E-state index in [0.717, 1.165) is 0 Å². The fourth-order valence-electron chi connectivity index (χ4n) is 2.04. The van der Waals surface area contributed by atoms with Gasteiger partial charge in [-0.3, -0.25) is 0 Å². The Labute approximate surface area is 162 Å². The molecule has 0 radical (unpaired) electrons. The minimum absolute atomic E-state index is 0.0871. The molecule has 7 nitrogen and oxygen atoms in total. The number of aromatic hydroxyl groups is 5. The number of hydrogen-bond acceptors (Lipinski definition) is 7.